The molecule has 2 rings (SSSR count). The summed E-state index contributed by atoms with van der Waals surface area (Å²) in [6.45, 7) is 13.0. The highest BCUT2D eigenvalue weighted by Gasteiger charge is 2.14. The molecular weight excluding hydrogens is 312 g/mol. The maximum absolute atomic E-state index is 5.57. The van der Waals surface area contributed by atoms with Crippen LogP contribution in [0.3, 0.4) is 0 Å². The zero-order valence-electron chi connectivity index (χ0n) is 15.5. The summed E-state index contributed by atoms with van der Waals surface area (Å²) < 4.78 is 0. The molecule has 0 fully saturated rings. The van der Waals surface area contributed by atoms with Gasteiger partial charge in [0.25, 0.3) is 0 Å². The Morgan fingerprint density at radius 3 is 1.79 bits per heavy atom. The van der Waals surface area contributed by atoms with Crippen LogP contribution < -0.4 is 10.6 Å². The lowest BCUT2D eigenvalue weighted by Gasteiger charge is -2.21. The van der Waals surface area contributed by atoms with Gasteiger partial charge in [-0.1, -0.05) is 52.0 Å². The lowest BCUT2D eigenvalue weighted by molar-refractivity contribution is 0.839. The van der Waals surface area contributed by atoms with Crippen molar-refractivity contribution in [1.29, 1.82) is 0 Å². The first kappa shape index (κ1) is 18.5. The van der Waals surface area contributed by atoms with Crippen molar-refractivity contribution in [1.82, 2.24) is 0 Å². The van der Waals surface area contributed by atoms with Crippen molar-refractivity contribution in [2.75, 3.05) is 10.6 Å². The fraction of sp³-hybridized carbons (Fsp3) is 0.381. The number of hydrogen-bond acceptors (Lipinski definition) is 1. The molecule has 0 amide bonds. The van der Waals surface area contributed by atoms with Crippen molar-refractivity contribution in [3.8, 4) is 0 Å². The summed E-state index contributed by atoms with van der Waals surface area (Å²) in [7, 11) is 0. The van der Waals surface area contributed by atoms with E-state index in [4.69, 9.17) is 12.2 Å². The highest BCUT2D eigenvalue weighted by atomic mass is 32.1. The monoisotopic (exact) mass is 340 g/mol. The van der Waals surface area contributed by atoms with E-state index in [-0.39, 0.29) is 0 Å². The molecule has 2 aromatic carbocycles. The molecule has 2 nitrogen and oxygen atoms in total. The molecule has 24 heavy (non-hydrogen) atoms. The van der Waals surface area contributed by atoms with Gasteiger partial charge in [-0.15, -0.1) is 0 Å². The summed E-state index contributed by atoms with van der Waals surface area (Å²) in [4.78, 5) is 0. The minimum Gasteiger partial charge on any atom is -0.332 e. The van der Waals surface area contributed by atoms with E-state index in [2.05, 4.69) is 88.6 Å². The van der Waals surface area contributed by atoms with Crippen LogP contribution in [0, 0.1) is 13.8 Å². The highest BCUT2D eigenvalue weighted by molar-refractivity contribution is 7.80. The van der Waals surface area contributed by atoms with Crippen LogP contribution in [0.15, 0.2) is 36.4 Å². The van der Waals surface area contributed by atoms with E-state index in [1.54, 1.807) is 0 Å². The smallest absolute Gasteiger partial charge is 0.175 e. The molecule has 0 unspecified atom stereocenters. The average molecular weight is 341 g/mol. The molecular formula is C21H28N2S. The quantitative estimate of drug-likeness (QED) is 0.633. The summed E-state index contributed by atoms with van der Waals surface area (Å²) in [6, 6.07) is 12.9. The Morgan fingerprint density at radius 2 is 1.33 bits per heavy atom. The lowest BCUT2D eigenvalue weighted by Crippen LogP contribution is -2.21. The van der Waals surface area contributed by atoms with Gasteiger partial charge in [-0.2, -0.15) is 0 Å². The third-order valence-corrected chi connectivity index (χ3v) is 4.30. The standard InChI is InChI=1S/C21H28N2S/c1-13(2)18-8-7-9-19(14(3)4)20(18)23-21(24)22-17-11-15(5)10-16(6)12-17/h7-14H,1-6H3,(H2,22,23,24). The first-order valence-corrected chi connectivity index (χ1v) is 8.98. The molecule has 2 aromatic rings. The zero-order chi connectivity index (χ0) is 17.9. The van der Waals surface area contributed by atoms with Gasteiger partial charge >= 0.3 is 0 Å². The first-order chi connectivity index (χ1) is 11.3. The van der Waals surface area contributed by atoms with Crippen LogP contribution in [0.2, 0.25) is 0 Å². The molecule has 2 N–H and O–H groups in total. The Balaban J connectivity index is 2.28. The number of benzene rings is 2. The van der Waals surface area contributed by atoms with Gasteiger partial charge in [-0.3, -0.25) is 0 Å². The largest absolute Gasteiger partial charge is 0.332 e. The number of para-hydroxylation sites is 1. The normalized spacial score (nSPS) is 11.0. The van der Waals surface area contributed by atoms with Gasteiger partial charge in [0.2, 0.25) is 0 Å². The number of rotatable bonds is 4. The molecule has 0 aliphatic carbocycles. The number of anilines is 2. The fourth-order valence-electron chi connectivity index (χ4n) is 3.02. The zero-order valence-corrected chi connectivity index (χ0v) is 16.3. The van der Waals surface area contributed by atoms with Crippen molar-refractivity contribution in [2.24, 2.45) is 0 Å². The van der Waals surface area contributed by atoms with Crippen LogP contribution in [0.4, 0.5) is 11.4 Å². The number of hydrogen-bond donors (Lipinski definition) is 2. The summed E-state index contributed by atoms with van der Waals surface area (Å²) >= 11 is 5.57. The molecule has 0 aromatic heterocycles. The first-order valence-electron chi connectivity index (χ1n) is 8.57. The highest BCUT2D eigenvalue weighted by Crippen LogP contribution is 2.32. The van der Waals surface area contributed by atoms with Crippen LogP contribution >= 0.6 is 12.2 Å². The van der Waals surface area contributed by atoms with E-state index >= 15 is 0 Å². The molecule has 0 bridgehead atoms. The molecule has 0 heterocycles. The predicted molar refractivity (Wildman–Crippen MR) is 110 cm³/mol. The minimum atomic E-state index is 0.440. The van der Waals surface area contributed by atoms with Gasteiger partial charge in [0, 0.05) is 11.4 Å². The molecule has 0 aliphatic rings. The molecule has 0 radical (unpaired) electrons. The summed E-state index contributed by atoms with van der Waals surface area (Å²) in [6.07, 6.45) is 0. The minimum absolute atomic E-state index is 0.440. The second-order valence-corrected chi connectivity index (χ2v) is 7.48. The molecule has 3 heteroatoms. The van der Waals surface area contributed by atoms with E-state index in [1.165, 1.54) is 22.3 Å². The van der Waals surface area contributed by atoms with Crippen molar-refractivity contribution < 1.29 is 0 Å². The van der Waals surface area contributed by atoms with E-state index in [1.807, 2.05) is 0 Å². The SMILES string of the molecule is Cc1cc(C)cc(NC(=S)Nc2c(C(C)C)cccc2C(C)C)c1. The number of thiocarbonyl (C=S) groups is 1. The number of aryl methyl sites for hydroxylation is 2. The second-order valence-electron chi connectivity index (χ2n) is 7.08. The van der Waals surface area contributed by atoms with Gasteiger partial charge in [0.1, 0.15) is 0 Å². The Kier molecular flexibility index (Phi) is 6.00. The van der Waals surface area contributed by atoms with Gasteiger partial charge in [0.05, 0.1) is 0 Å². The summed E-state index contributed by atoms with van der Waals surface area (Å²) in [5.41, 5.74) is 7.22. The predicted octanol–water partition coefficient (Wildman–Crippen LogP) is 6.36. The average Bonchev–Trinajstić information content (AvgIpc) is 2.45. The Morgan fingerprint density at radius 1 is 0.833 bits per heavy atom. The van der Waals surface area contributed by atoms with E-state index in [0.29, 0.717) is 16.9 Å². The Labute approximate surface area is 151 Å². The van der Waals surface area contributed by atoms with E-state index in [9.17, 15) is 0 Å². The van der Waals surface area contributed by atoms with Crippen molar-refractivity contribution >= 4 is 28.7 Å². The maximum atomic E-state index is 5.57. The van der Waals surface area contributed by atoms with Crippen LogP contribution in [0.5, 0.6) is 0 Å². The lowest BCUT2D eigenvalue weighted by atomic mass is 9.93. The molecule has 0 saturated heterocycles. The Bertz CT molecular complexity index is 686. The topological polar surface area (TPSA) is 24.1 Å². The molecule has 0 atom stereocenters. The molecule has 0 spiro atoms. The van der Waals surface area contributed by atoms with Gasteiger partial charge in [0.15, 0.2) is 5.11 Å². The second kappa shape index (κ2) is 7.80. The molecule has 128 valence electrons. The summed E-state index contributed by atoms with van der Waals surface area (Å²) in [5.74, 6) is 0.880. The van der Waals surface area contributed by atoms with Crippen molar-refractivity contribution in [3.05, 3.63) is 58.7 Å². The van der Waals surface area contributed by atoms with Crippen LogP contribution in [-0.2, 0) is 0 Å². The number of nitrogens with one attached hydrogen (secondary N) is 2. The fourth-order valence-corrected chi connectivity index (χ4v) is 3.24. The van der Waals surface area contributed by atoms with Crippen molar-refractivity contribution in [2.45, 2.75) is 53.4 Å². The third kappa shape index (κ3) is 4.57. The third-order valence-electron chi connectivity index (χ3n) is 4.09. The van der Waals surface area contributed by atoms with Crippen molar-refractivity contribution in [3.63, 3.8) is 0 Å². The summed E-state index contributed by atoms with van der Waals surface area (Å²) in [5, 5.41) is 7.41. The molecule has 0 aliphatic heterocycles. The van der Waals surface area contributed by atoms with Gasteiger partial charge < -0.3 is 10.6 Å². The van der Waals surface area contributed by atoms with Crippen LogP contribution in [0.25, 0.3) is 0 Å². The van der Waals surface area contributed by atoms with E-state index < -0.39 is 0 Å². The molecule has 0 saturated carbocycles. The van der Waals surface area contributed by atoms with E-state index in [0.717, 1.165) is 11.4 Å². The van der Waals surface area contributed by atoms with Gasteiger partial charge in [-0.05, 0) is 72.3 Å². The van der Waals surface area contributed by atoms with Crippen LogP contribution in [-0.4, -0.2) is 5.11 Å². The maximum Gasteiger partial charge on any atom is 0.175 e. The van der Waals surface area contributed by atoms with Gasteiger partial charge in [-0.25, -0.2) is 0 Å². The van der Waals surface area contributed by atoms with Crippen LogP contribution in [0.1, 0.15) is 61.8 Å². The Hall–Kier alpha value is -1.87.